The summed E-state index contributed by atoms with van der Waals surface area (Å²) in [5.74, 6) is 1.10. The van der Waals surface area contributed by atoms with Crippen LogP contribution in [0.15, 0.2) is 47.1 Å². The molecule has 2 aromatic rings. The van der Waals surface area contributed by atoms with Gasteiger partial charge in [0, 0.05) is 18.2 Å². The molecule has 2 amide bonds. The third-order valence-electron chi connectivity index (χ3n) is 3.87. The van der Waals surface area contributed by atoms with E-state index in [1.807, 2.05) is 0 Å². The van der Waals surface area contributed by atoms with Crippen molar-refractivity contribution in [1.82, 2.24) is 4.90 Å². The lowest BCUT2D eigenvalue weighted by Gasteiger charge is -2.23. The van der Waals surface area contributed by atoms with Crippen molar-refractivity contribution in [3.8, 4) is 5.75 Å². The van der Waals surface area contributed by atoms with E-state index in [2.05, 4.69) is 5.32 Å². The molecule has 1 aromatic carbocycles. The Kier molecular flexibility index (Phi) is 4.32. The highest BCUT2D eigenvalue weighted by Crippen LogP contribution is 2.24. The fourth-order valence-electron chi connectivity index (χ4n) is 2.70. The number of hydrogen-bond donors (Lipinski definition) is 1. The van der Waals surface area contributed by atoms with Gasteiger partial charge < -0.3 is 19.4 Å². The molecular weight excluding hydrogens is 296 g/mol. The number of amides is 2. The fourth-order valence-corrected chi connectivity index (χ4v) is 2.70. The predicted molar refractivity (Wildman–Crippen MR) is 83.9 cm³/mol. The Hall–Kier alpha value is -2.76. The minimum Gasteiger partial charge on any atom is -0.497 e. The Morgan fingerprint density at radius 2 is 2.26 bits per heavy atom. The summed E-state index contributed by atoms with van der Waals surface area (Å²) in [7, 11) is 1.57. The Morgan fingerprint density at radius 3 is 3.00 bits per heavy atom. The van der Waals surface area contributed by atoms with Crippen LogP contribution in [0.3, 0.4) is 0 Å². The molecule has 3 rings (SSSR count). The number of anilines is 1. The maximum absolute atomic E-state index is 12.5. The summed E-state index contributed by atoms with van der Waals surface area (Å²) in [6, 6.07) is 10.2. The van der Waals surface area contributed by atoms with Gasteiger partial charge in [0.2, 0.25) is 11.8 Å². The summed E-state index contributed by atoms with van der Waals surface area (Å²) in [5, 5.41) is 2.85. The van der Waals surface area contributed by atoms with Gasteiger partial charge >= 0.3 is 0 Å². The predicted octanol–water partition coefficient (Wildman–Crippen LogP) is 2.42. The zero-order chi connectivity index (χ0) is 16.2. The number of furan rings is 1. The molecule has 0 aliphatic carbocycles. The summed E-state index contributed by atoms with van der Waals surface area (Å²) in [6.45, 7) is 0.308. The van der Waals surface area contributed by atoms with Crippen LogP contribution in [0.5, 0.6) is 5.75 Å². The van der Waals surface area contributed by atoms with Crippen molar-refractivity contribution in [2.45, 2.75) is 25.4 Å². The van der Waals surface area contributed by atoms with Gasteiger partial charge in [-0.05, 0) is 30.7 Å². The molecule has 0 spiro atoms. The molecule has 120 valence electrons. The lowest BCUT2D eigenvalue weighted by Crippen LogP contribution is -2.41. The zero-order valence-electron chi connectivity index (χ0n) is 12.8. The monoisotopic (exact) mass is 314 g/mol. The number of ether oxygens (including phenoxy) is 1. The van der Waals surface area contributed by atoms with E-state index in [4.69, 9.17) is 9.15 Å². The standard InChI is InChI=1S/C17H18N2O4/c1-22-13-5-2-4-12(10-13)18-17(21)15-7-8-16(20)19(15)11-14-6-3-9-23-14/h2-6,9-10,15H,7-8,11H2,1H3,(H,18,21). The lowest BCUT2D eigenvalue weighted by atomic mass is 10.2. The minimum absolute atomic E-state index is 0.0350. The number of likely N-dealkylation sites (tertiary alicyclic amines) is 1. The van der Waals surface area contributed by atoms with Gasteiger partial charge in [-0.15, -0.1) is 0 Å². The van der Waals surface area contributed by atoms with Crippen LogP contribution in [0.25, 0.3) is 0 Å². The molecule has 2 heterocycles. The number of carbonyl (C=O) groups excluding carboxylic acids is 2. The number of nitrogens with zero attached hydrogens (tertiary/aromatic N) is 1. The van der Waals surface area contributed by atoms with E-state index in [-0.39, 0.29) is 11.8 Å². The first-order valence-electron chi connectivity index (χ1n) is 7.44. The van der Waals surface area contributed by atoms with Crippen LogP contribution < -0.4 is 10.1 Å². The first-order chi connectivity index (χ1) is 11.2. The third kappa shape index (κ3) is 3.36. The third-order valence-corrected chi connectivity index (χ3v) is 3.87. The van der Waals surface area contributed by atoms with Crippen LogP contribution in [0.4, 0.5) is 5.69 Å². The van der Waals surface area contributed by atoms with Crippen LogP contribution in [-0.4, -0.2) is 29.9 Å². The molecule has 1 aliphatic rings. The van der Waals surface area contributed by atoms with Gasteiger partial charge in [-0.25, -0.2) is 0 Å². The maximum atomic E-state index is 12.5. The summed E-state index contributed by atoms with van der Waals surface area (Å²) >= 11 is 0. The van der Waals surface area contributed by atoms with Gasteiger partial charge in [0.25, 0.3) is 0 Å². The lowest BCUT2D eigenvalue weighted by molar-refractivity contribution is -0.134. The van der Waals surface area contributed by atoms with Gasteiger partial charge in [0.1, 0.15) is 17.6 Å². The van der Waals surface area contributed by atoms with E-state index >= 15 is 0 Å². The average Bonchev–Trinajstić information content (AvgIpc) is 3.19. The Bertz CT molecular complexity index is 696. The second kappa shape index (κ2) is 6.56. The van der Waals surface area contributed by atoms with Crippen molar-refractivity contribution in [2.24, 2.45) is 0 Å². The largest absolute Gasteiger partial charge is 0.497 e. The Morgan fingerprint density at radius 1 is 1.39 bits per heavy atom. The first-order valence-corrected chi connectivity index (χ1v) is 7.44. The highest BCUT2D eigenvalue weighted by molar-refractivity contribution is 5.99. The fraction of sp³-hybridized carbons (Fsp3) is 0.294. The quantitative estimate of drug-likeness (QED) is 0.920. The van der Waals surface area contributed by atoms with Gasteiger partial charge in [0.15, 0.2) is 0 Å². The number of nitrogens with one attached hydrogen (secondary N) is 1. The summed E-state index contributed by atoms with van der Waals surface area (Å²) in [4.78, 5) is 26.1. The van der Waals surface area contributed by atoms with Crippen molar-refractivity contribution in [1.29, 1.82) is 0 Å². The highest BCUT2D eigenvalue weighted by atomic mass is 16.5. The summed E-state index contributed by atoms with van der Waals surface area (Å²) in [6.07, 6.45) is 2.44. The summed E-state index contributed by atoms with van der Waals surface area (Å²) < 4.78 is 10.4. The van der Waals surface area contributed by atoms with Crippen LogP contribution in [0, 0.1) is 0 Å². The molecule has 6 nitrogen and oxygen atoms in total. The van der Waals surface area contributed by atoms with Crippen molar-refractivity contribution in [2.75, 3.05) is 12.4 Å². The first kappa shape index (κ1) is 15.1. The van der Waals surface area contributed by atoms with E-state index in [0.717, 1.165) is 0 Å². The molecule has 1 unspecified atom stereocenters. The Labute approximate surface area is 134 Å². The number of rotatable bonds is 5. The molecule has 1 N–H and O–H groups in total. The molecule has 0 radical (unpaired) electrons. The topological polar surface area (TPSA) is 71.8 Å². The highest BCUT2D eigenvalue weighted by Gasteiger charge is 2.36. The molecular formula is C17H18N2O4. The van der Waals surface area contributed by atoms with Crippen molar-refractivity contribution >= 4 is 17.5 Å². The van der Waals surface area contributed by atoms with Crippen LogP contribution in [0.1, 0.15) is 18.6 Å². The summed E-state index contributed by atoms with van der Waals surface area (Å²) in [5.41, 5.74) is 0.645. The van der Waals surface area contributed by atoms with Crippen molar-refractivity contribution < 1.29 is 18.7 Å². The maximum Gasteiger partial charge on any atom is 0.247 e. The van der Waals surface area contributed by atoms with Crippen molar-refractivity contribution in [3.63, 3.8) is 0 Å². The zero-order valence-corrected chi connectivity index (χ0v) is 12.8. The van der Waals surface area contributed by atoms with E-state index in [1.165, 1.54) is 0 Å². The number of hydrogen-bond acceptors (Lipinski definition) is 4. The van der Waals surface area contributed by atoms with E-state index < -0.39 is 6.04 Å². The van der Waals surface area contributed by atoms with Gasteiger partial charge in [-0.1, -0.05) is 6.07 Å². The molecule has 1 fully saturated rings. The molecule has 1 saturated heterocycles. The number of benzene rings is 1. The Balaban J connectivity index is 1.71. The van der Waals surface area contributed by atoms with E-state index in [0.29, 0.717) is 36.6 Å². The second-order valence-electron chi connectivity index (χ2n) is 5.38. The number of methoxy groups -OCH3 is 1. The molecule has 23 heavy (non-hydrogen) atoms. The minimum atomic E-state index is -0.487. The average molecular weight is 314 g/mol. The molecule has 0 saturated carbocycles. The molecule has 1 atom stereocenters. The van der Waals surface area contributed by atoms with Crippen LogP contribution >= 0.6 is 0 Å². The molecule has 1 aromatic heterocycles. The van der Waals surface area contributed by atoms with Crippen LogP contribution in [0.2, 0.25) is 0 Å². The van der Waals surface area contributed by atoms with E-state index in [9.17, 15) is 9.59 Å². The van der Waals surface area contributed by atoms with Gasteiger partial charge in [0.05, 0.1) is 19.9 Å². The number of carbonyl (C=O) groups is 2. The smallest absolute Gasteiger partial charge is 0.247 e. The van der Waals surface area contributed by atoms with Crippen LogP contribution in [-0.2, 0) is 16.1 Å². The SMILES string of the molecule is COc1cccc(NC(=O)C2CCC(=O)N2Cc2ccco2)c1. The molecule has 1 aliphatic heterocycles. The molecule has 6 heteroatoms. The van der Waals surface area contributed by atoms with Crippen molar-refractivity contribution in [3.05, 3.63) is 48.4 Å². The van der Waals surface area contributed by atoms with E-state index in [1.54, 1.807) is 54.7 Å². The van der Waals surface area contributed by atoms with Gasteiger partial charge in [-0.3, -0.25) is 9.59 Å². The molecule has 0 bridgehead atoms. The normalized spacial score (nSPS) is 17.3. The second-order valence-corrected chi connectivity index (χ2v) is 5.38. The van der Waals surface area contributed by atoms with Gasteiger partial charge in [-0.2, -0.15) is 0 Å².